The molecule has 0 rings (SSSR count). The van der Waals surface area contributed by atoms with Gasteiger partial charge in [0.1, 0.15) is 0 Å². The maximum Gasteiger partial charge on any atom is 0.310 e. The van der Waals surface area contributed by atoms with Crippen LogP contribution in [0.5, 0.6) is 0 Å². The third-order valence-electron chi connectivity index (χ3n) is 0.925. The van der Waals surface area contributed by atoms with Gasteiger partial charge in [0, 0.05) is 0 Å². The first-order chi connectivity index (χ1) is 4.18. The molecule has 0 aromatic heterocycles. The Hall–Kier alpha value is -1.05. The van der Waals surface area contributed by atoms with Crippen LogP contribution < -0.4 is 0 Å². The molecule has 2 heteroatoms. The van der Waals surface area contributed by atoms with Crippen LogP contribution in [-0.4, -0.2) is 11.1 Å². The van der Waals surface area contributed by atoms with Gasteiger partial charge in [-0.15, -0.1) is 0 Å². The lowest BCUT2D eigenvalue weighted by Crippen LogP contribution is -2.05. The zero-order valence-corrected chi connectivity index (χ0v) is 5.37. The number of carboxylic acid groups (broad SMARTS) is 1. The summed E-state index contributed by atoms with van der Waals surface area (Å²) >= 11 is 0. The van der Waals surface area contributed by atoms with E-state index in [0.29, 0.717) is 0 Å². The minimum absolute atomic E-state index is 0.414. The molecule has 0 amide bonds. The minimum atomic E-state index is -0.812. The monoisotopic (exact) mass is 126 g/mol. The van der Waals surface area contributed by atoms with Crippen LogP contribution in [0.4, 0.5) is 0 Å². The fourth-order valence-electron chi connectivity index (χ4n) is 0.328. The average Bonchev–Trinajstić information content (AvgIpc) is 1.82. The van der Waals surface area contributed by atoms with Gasteiger partial charge in [-0.2, -0.15) is 0 Å². The first-order valence-corrected chi connectivity index (χ1v) is 2.70. The maximum atomic E-state index is 10.1. The van der Waals surface area contributed by atoms with E-state index in [9.17, 15) is 4.79 Å². The molecular weight excluding hydrogens is 116 g/mol. The van der Waals surface area contributed by atoms with Gasteiger partial charge < -0.3 is 5.11 Å². The highest BCUT2D eigenvalue weighted by atomic mass is 16.4. The standard InChI is InChI=1S/C7H10O2/c1-3-4-5-6(2)7(8)9/h3-6H,1H2,2H3,(H,8,9)/b5-4+. The van der Waals surface area contributed by atoms with Crippen molar-refractivity contribution >= 4 is 5.97 Å². The summed E-state index contributed by atoms with van der Waals surface area (Å²) in [6, 6.07) is 0. The summed E-state index contributed by atoms with van der Waals surface area (Å²) in [5.41, 5.74) is 0. The molecule has 50 valence electrons. The lowest BCUT2D eigenvalue weighted by molar-refractivity contribution is -0.139. The van der Waals surface area contributed by atoms with Crippen LogP contribution in [0.1, 0.15) is 6.92 Å². The van der Waals surface area contributed by atoms with E-state index in [0.717, 1.165) is 0 Å². The summed E-state index contributed by atoms with van der Waals surface area (Å²) < 4.78 is 0. The van der Waals surface area contributed by atoms with Crippen molar-refractivity contribution in [1.82, 2.24) is 0 Å². The summed E-state index contributed by atoms with van der Waals surface area (Å²) in [5.74, 6) is -1.23. The van der Waals surface area contributed by atoms with Gasteiger partial charge in [0.25, 0.3) is 0 Å². The van der Waals surface area contributed by atoms with E-state index in [4.69, 9.17) is 5.11 Å². The Morgan fingerprint density at radius 2 is 2.33 bits per heavy atom. The normalized spacial score (nSPS) is 13.4. The molecule has 0 saturated heterocycles. The van der Waals surface area contributed by atoms with Crippen LogP contribution >= 0.6 is 0 Å². The fraction of sp³-hybridized carbons (Fsp3) is 0.286. The van der Waals surface area contributed by atoms with Gasteiger partial charge in [0.15, 0.2) is 0 Å². The Kier molecular flexibility index (Phi) is 3.44. The molecule has 0 bridgehead atoms. The number of hydrogen-bond donors (Lipinski definition) is 1. The molecule has 0 radical (unpaired) electrons. The summed E-state index contributed by atoms with van der Waals surface area (Å²) in [5, 5.41) is 8.32. The van der Waals surface area contributed by atoms with Crippen molar-refractivity contribution in [3.8, 4) is 0 Å². The van der Waals surface area contributed by atoms with E-state index >= 15 is 0 Å². The number of carbonyl (C=O) groups is 1. The van der Waals surface area contributed by atoms with Gasteiger partial charge in [0.05, 0.1) is 5.92 Å². The highest BCUT2D eigenvalue weighted by Crippen LogP contribution is 1.95. The SMILES string of the molecule is C=C/C=C/C(C)C(=O)O. The number of rotatable bonds is 3. The molecule has 0 fully saturated rings. The average molecular weight is 126 g/mol. The van der Waals surface area contributed by atoms with Crippen molar-refractivity contribution in [1.29, 1.82) is 0 Å². The molecule has 0 aromatic rings. The van der Waals surface area contributed by atoms with Gasteiger partial charge in [-0.05, 0) is 6.92 Å². The van der Waals surface area contributed by atoms with Gasteiger partial charge in [-0.3, -0.25) is 4.79 Å². The topological polar surface area (TPSA) is 37.3 Å². The summed E-state index contributed by atoms with van der Waals surface area (Å²) in [6.07, 6.45) is 4.76. The minimum Gasteiger partial charge on any atom is -0.481 e. The molecule has 9 heavy (non-hydrogen) atoms. The van der Waals surface area contributed by atoms with Crippen molar-refractivity contribution in [2.45, 2.75) is 6.92 Å². The van der Waals surface area contributed by atoms with E-state index in [2.05, 4.69) is 6.58 Å². The Balaban J connectivity index is 3.75. The first-order valence-electron chi connectivity index (χ1n) is 2.70. The Morgan fingerprint density at radius 1 is 1.78 bits per heavy atom. The first kappa shape index (κ1) is 7.95. The second-order valence-corrected chi connectivity index (χ2v) is 1.75. The Labute approximate surface area is 54.5 Å². The van der Waals surface area contributed by atoms with Crippen LogP contribution in [0.2, 0.25) is 0 Å². The van der Waals surface area contributed by atoms with E-state index in [1.165, 1.54) is 0 Å². The smallest absolute Gasteiger partial charge is 0.310 e. The van der Waals surface area contributed by atoms with E-state index < -0.39 is 11.9 Å². The van der Waals surface area contributed by atoms with Crippen molar-refractivity contribution in [3.05, 3.63) is 24.8 Å². The number of carboxylic acids is 1. The highest BCUT2D eigenvalue weighted by Gasteiger charge is 2.03. The molecule has 1 unspecified atom stereocenters. The second-order valence-electron chi connectivity index (χ2n) is 1.75. The molecule has 0 aliphatic heterocycles. The summed E-state index contributed by atoms with van der Waals surface area (Å²) in [4.78, 5) is 10.1. The van der Waals surface area contributed by atoms with Crippen molar-refractivity contribution in [3.63, 3.8) is 0 Å². The quantitative estimate of drug-likeness (QED) is 0.581. The number of aliphatic carboxylic acids is 1. The highest BCUT2D eigenvalue weighted by molar-refractivity contribution is 5.71. The summed E-state index contributed by atoms with van der Waals surface area (Å²) in [7, 11) is 0. The molecule has 0 saturated carbocycles. The van der Waals surface area contributed by atoms with Crippen LogP contribution in [0.25, 0.3) is 0 Å². The van der Waals surface area contributed by atoms with Gasteiger partial charge in [0.2, 0.25) is 0 Å². The third-order valence-corrected chi connectivity index (χ3v) is 0.925. The molecule has 0 aromatic carbocycles. The van der Waals surface area contributed by atoms with Crippen molar-refractivity contribution in [2.75, 3.05) is 0 Å². The molecular formula is C7H10O2. The Morgan fingerprint density at radius 3 is 2.67 bits per heavy atom. The zero-order chi connectivity index (χ0) is 7.28. The van der Waals surface area contributed by atoms with Crippen LogP contribution in [-0.2, 0) is 4.79 Å². The molecule has 1 N–H and O–H groups in total. The number of hydrogen-bond acceptors (Lipinski definition) is 1. The molecule has 0 heterocycles. The van der Waals surface area contributed by atoms with Crippen LogP contribution in [0.15, 0.2) is 24.8 Å². The van der Waals surface area contributed by atoms with Crippen molar-refractivity contribution in [2.24, 2.45) is 5.92 Å². The lowest BCUT2D eigenvalue weighted by Gasteiger charge is -1.93. The van der Waals surface area contributed by atoms with E-state index in [1.54, 1.807) is 25.2 Å². The molecule has 0 aliphatic rings. The summed E-state index contributed by atoms with van der Waals surface area (Å²) in [6.45, 7) is 5.03. The van der Waals surface area contributed by atoms with Gasteiger partial charge in [-0.25, -0.2) is 0 Å². The van der Waals surface area contributed by atoms with Gasteiger partial charge in [-0.1, -0.05) is 24.8 Å². The molecule has 0 aliphatic carbocycles. The molecule has 2 nitrogen and oxygen atoms in total. The van der Waals surface area contributed by atoms with E-state index in [1.807, 2.05) is 0 Å². The van der Waals surface area contributed by atoms with Gasteiger partial charge >= 0.3 is 5.97 Å². The van der Waals surface area contributed by atoms with E-state index in [-0.39, 0.29) is 0 Å². The van der Waals surface area contributed by atoms with Crippen molar-refractivity contribution < 1.29 is 9.90 Å². The largest absolute Gasteiger partial charge is 0.481 e. The third kappa shape index (κ3) is 3.53. The fourth-order valence-corrected chi connectivity index (χ4v) is 0.328. The van der Waals surface area contributed by atoms with Crippen LogP contribution in [0, 0.1) is 5.92 Å². The lowest BCUT2D eigenvalue weighted by atomic mass is 10.2. The van der Waals surface area contributed by atoms with Crippen LogP contribution in [0.3, 0.4) is 0 Å². The molecule has 1 atom stereocenters. The predicted molar refractivity (Wildman–Crippen MR) is 36.1 cm³/mol. The number of allylic oxidation sites excluding steroid dienone is 2. The maximum absolute atomic E-state index is 10.1. The predicted octanol–water partition coefficient (Wildman–Crippen LogP) is 1.45. The zero-order valence-electron chi connectivity index (χ0n) is 5.37. The second kappa shape index (κ2) is 3.89. The Bertz CT molecular complexity index is 136. The molecule has 0 spiro atoms.